The third kappa shape index (κ3) is 4.08. The highest BCUT2D eigenvalue weighted by atomic mass is 15.2. The molecule has 3 atom stereocenters. The second-order valence-corrected chi connectivity index (χ2v) is 6.86. The van der Waals surface area contributed by atoms with E-state index in [0.717, 1.165) is 24.3 Å². The quantitative estimate of drug-likeness (QED) is 0.863. The first kappa shape index (κ1) is 15.6. The lowest BCUT2D eigenvalue weighted by atomic mass is 9.72. The van der Waals surface area contributed by atoms with E-state index in [1.165, 1.54) is 37.7 Å². The van der Waals surface area contributed by atoms with E-state index in [0.29, 0.717) is 6.04 Å². The van der Waals surface area contributed by atoms with Crippen LogP contribution in [0.3, 0.4) is 0 Å². The first-order valence-electron chi connectivity index (χ1n) is 8.31. The predicted octanol–water partition coefficient (Wildman–Crippen LogP) is 3.40. The lowest BCUT2D eigenvalue weighted by molar-refractivity contribution is 0.167. The number of nitrogens with zero attached hydrogens (tertiary/aromatic N) is 2. The van der Waals surface area contributed by atoms with Crippen molar-refractivity contribution in [2.24, 2.45) is 24.8 Å². The molecule has 0 saturated heterocycles. The largest absolute Gasteiger partial charge is 0.314 e. The van der Waals surface area contributed by atoms with Crippen LogP contribution in [0.2, 0.25) is 0 Å². The predicted molar refractivity (Wildman–Crippen MR) is 84.7 cm³/mol. The molecule has 1 aliphatic carbocycles. The van der Waals surface area contributed by atoms with Crippen molar-refractivity contribution in [2.75, 3.05) is 6.54 Å². The van der Waals surface area contributed by atoms with Gasteiger partial charge in [0.1, 0.15) is 0 Å². The topological polar surface area (TPSA) is 29.9 Å². The Kier molecular flexibility index (Phi) is 5.64. The summed E-state index contributed by atoms with van der Waals surface area (Å²) in [7, 11) is 2.01. The van der Waals surface area contributed by atoms with Crippen molar-refractivity contribution in [1.29, 1.82) is 0 Å². The Balaban J connectivity index is 2.00. The molecule has 0 amide bonds. The molecule has 1 aliphatic rings. The second kappa shape index (κ2) is 7.26. The molecule has 2 rings (SSSR count). The van der Waals surface area contributed by atoms with Crippen molar-refractivity contribution in [3.05, 3.63) is 18.0 Å². The summed E-state index contributed by atoms with van der Waals surface area (Å²) in [6.45, 7) is 8.17. The van der Waals surface area contributed by atoms with Crippen LogP contribution in [0.4, 0.5) is 0 Å². The standard InChI is InChI=1S/C17H31N3/c1-5-8-18-17-7-6-15(13(2)3)10-16(17)9-14-11-19-20(4)12-14/h11-13,15-18H,5-10H2,1-4H3. The Morgan fingerprint density at radius 3 is 2.80 bits per heavy atom. The number of nitrogens with one attached hydrogen (secondary N) is 1. The molecule has 1 aromatic rings. The van der Waals surface area contributed by atoms with Crippen LogP contribution in [-0.4, -0.2) is 22.4 Å². The summed E-state index contributed by atoms with van der Waals surface area (Å²) in [5, 5.41) is 8.10. The van der Waals surface area contributed by atoms with Gasteiger partial charge >= 0.3 is 0 Å². The molecule has 1 heterocycles. The van der Waals surface area contributed by atoms with E-state index in [2.05, 4.69) is 37.4 Å². The fraction of sp³-hybridized carbons (Fsp3) is 0.824. The van der Waals surface area contributed by atoms with E-state index >= 15 is 0 Å². The zero-order valence-electron chi connectivity index (χ0n) is 13.6. The minimum Gasteiger partial charge on any atom is -0.314 e. The van der Waals surface area contributed by atoms with Crippen molar-refractivity contribution in [3.63, 3.8) is 0 Å². The first-order valence-corrected chi connectivity index (χ1v) is 8.31. The van der Waals surface area contributed by atoms with E-state index < -0.39 is 0 Å². The number of rotatable bonds is 6. The van der Waals surface area contributed by atoms with E-state index in [-0.39, 0.29) is 0 Å². The average Bonchev–Trinajstić information content (AvgIpc) is 2.82. The molecule has 1 aromatic heterocycles. The van der Waals surface area contributed by atoms with E-state index in [9.17, 15) is 0 Å². The van der Waals surface area contributed by atoms with Gasteiger partial charge in [-0.1, -0.05) is 20.8 Å². The lowest BCUT2D eigenvalue weighted by Gasteiger charge is -2.38. The normalized spacial score (nSPS) is 27.1. The van der Waals surface area contributed by atoms with Gasteiger partial charge in [-0.15, -0.1) is 0 Å². The van der Waals surface area contributed by atoms with Crippen LogP contribution in [-0.2, 0) is 13.5 Å². The Morgan fingerprint density at radius 1 is 1.40 bits per heavy atom. The van der Waals surface area contributed by atoms with Crippen LogP contribution >= 0.6 is 0 Å². The van der Waals surface area contributed by atoms with E-state index in [1.54, 1.807) is 0 Å². The van der Waals surface area contributed by atoms with Crippen molar-refractivity contribution in [1.82, 2.24) is 15.1 Å². The molecule has 3 unspecified atom stereocenters. The van der Waals surface area contributed by atoms with Gasteiger partial charge in [0.2, 0.25) is 0 Å². The smallest absolute Gasteiger partial charge is 0.0521 e. The van der Waals surface area contributed by atoms with Crippen LogP contribution in [0.5, 0.6) is 0 Å². The fourth-order valence-electron chi connectivity index (χ4n) is 3.61. The Labute approximate surface area is 124 Å². The van der Waals surface area contributed by atoms with Crippen molar-refractivity contribution in [3.8, 4) is 0 Å². The van der Waals surface area contributed by atoms with Gasteiger partial charge < -0.3 is 5.32 Å². The third-order valence-electron chi connectivity index (χ3n) is 4.88. The minimum atomic E-state index is 0.699. The summed E-state index contributed by atoms with van der Waals surface area (Å²) < 4.78 is 1.92. The van der Waals surface area contributed by atoms with E-state index in [4.69, 9.17) is 0 Å². The monoisotopic (exact) mass is 277 g/mol. The molecule has 20 heavy (non-hydrogen) atoms. The maximum absolute atomic E-state index is 4.32. The summed E-state index contributed by atoms with van der Waals surface area (Å²) in [4.78, 5) is 0. The highest BCUT2D eigenvalue weighted by Gasteiger charge is 2.31. The van der Waals surface area contributed by atoms with Crippen LogP contribution < -0.4 is 5.32 Å². The van der Waals surface area contributed by atoms with Crippen molar-refractivity contribution < 1.29 is 0 Å². The highest BCUT2D eigenvalue weighted by molar-refractivity contribution is 5.06. The van der Waals surface area contributed by atoms with Crippen molar-refractivity contribution in [2.45, 2.75) is 58.9 Å². The van der Waals surface area contributed by atoms with Gasteiger partial charge in [-0.05, 0) is 62.0 Å². The molecular formula is C17H31N3. The number of aryl methyl sites for hydroxylation is 1. The number of aromatic nitrogens is 2. The van der Waals surface area contributed by atoms with Gasteiger partial charge in [-0.2, -0.15) is 5.10 Å². The maximum Gasteiger partial charge on any atom is 0.0521 e. The third-order valence-corrected chi connectivity index (χ3v) is 4.88. The number of hydrogen-bond acceptors (Lipinski definition) is 2. The molecule has 0 aromatic carbocycles. The molecule has 0 aliphatic heterocycles. The zero-order chi connectivity index (χ0) is 14.5. The van der Waals surface area contributed by atoms with Gasteiger partial charge in [-0.25, -0.2) is 0 Å². The number of hydrogen-bond donors (Lipinski definition) is 1. The summed E-state index contributed by atoms with van der Waals surface area (Å²) in [6.07, 6.45) is 10.7. The molecule has 114 valence electrons. The zero-order valence-corrected chi connectivity index (χ0v) is 13.6. The Bertz CT molecular complexity index is 397. The summed E-state index contributed by atoms with van der Waals surface area (Å²) in [5.41, 5.74) is 1.39. The Hall–Kier alpha value is -0.830. The van der Waals surface area contributed by atoms with Gasteiger partial charge in [-0.3, -0.25) is 4.68 Å². The minimum absolute atomic E-state index is 0.699. The molecule has 0 radical (unpaired) electrons. The SMILES string of the molecule is CCCNC1CCC(C(C)C)CC1Cc1cnn(C)c1. The van der Waals surface area contributed by atoms with E-state index in [1.807, 2.05) is 17.9 Å². The van der Waals surface area contributed by atoms with Crippen LogP contribution in [0.1, 0.15) is 52.0 Å². The molecule has 1 N–H and O–H groups in total. The molecular weight excluding hydrogens is 246 g/mol. The highest BCUT2D eigenvalue weighted by Crippen LogP contribution is 2.35. The molecule has 1 saturated carbocycles. The van der Waals surface area contributed by atoms with Crippen LogP contribution in [0, 0.1) is 17.8 Å². The average molecular weight is 277 g/mol. The summed E-state index contributed by atoms with van der Waals surface area (Å²) in [6, 6.07) is 0.699. The second-order valence-electron chi connectivity index (χ2n) is 6.86. The fourth-order valence-corrected chi connectivity index (χ4v) is 3.61. The molecule has 3 nitrogen and oxygen atoms in total. The molecule has 1 fully saturated rings. The van der Waals surface area contributed by atoms with Crippen molar-refractivity contribution >= 4 is 0 Å². The molecule has 3 heteroatoms. The van der Waals surface area contributed by atoms with Crippen LogP contribution in [0.25, 0.3) is 0 Å². The van der Waals surface area contributed by atoms with Gasteiger partial charge in [0.25, 0.3) is 0 Å². The van der Waals surface area contributed by atoms with Gasteiger partial charge in [0.05, 0.1) is 6.20 Å². The summed E-state index contributed by atoms with van der Waals surface area (Å²) >= 11 is 0. The van der Waals surface area contributed by atoms with Gasteiger partial charge in [0.15, 0.2) is 0 Å². The molecule has 0 spiro atoms. The lowest BCUT2D eigenvalue weighted by Crippen LogP contribution is -2.42. The van der Waals surface area contributed by atoms with Crippen LogP contribution in [0.15, 0.2) is 12.4 Å². The van der Waals surface area contributed by atoms with Gasteiger partial charge in [0, 0.05) is 19.3 Å². The summed E-state index contributed by atoms with van der Waals surface area (Å²) in [5.74, 6) is 2.49. The first-order chi connectivity index (χ1) is 9.60. The molecule has 0 bridgehead atoms. The Morgan fingerprint density at radius 2 is 2.20 bits per heavy atom. The maximum atomic E-state index is 4.32.